The number of hydrogen-bond donors (Lipinski definition) is 2. The smallest absolute Gasteiger partial charge is 0.454 e. The van der Waals surface area contributed by atoms with Gasteiger partial charge in [0.15, 0.2) is 5.69 Å². The molecule has 9 heterocycles. The summed E-state index contributed by atoms with van der Waals surface area (Å²) >= 11 is 0. The molecule has 713 valence electrons. The molecule has 0 unspecified atom stereocenters. The second-order valence-electron chi connectivity index (χ2n) is 40.3. The number of aromatic nitrogens is 9. The summed E-state index contributed by atoms with van der Waals surface area (Å²) < 4.78 is 76.2. The number of carboxylic acids is 1. The minimum Gasteiger partial charge on any atom is -0.504 e. The van der Waals surface area contributed by atoms with E-state index in [2.05, 4.69) is 331 Å². The first-order chi connectivity index (χ1) is 61.5. The van der Waals surface area contributed by atoms with Crippen molar-refractivity contribution in [3.05, 3.63) is 330 Å². The molecular weight excluding hydrogens is 2440 g/mol. The number of halogens is 6. The third-order valence-corrected chi connectivity index (χ3v) is 23.2. The Hall–Kier alpha value is -10.2. The molecule has 0 saturated heterocycles. The monoisotopic (exact) mass is 2550 g/mol. The Kier molecular flexibility index (Phi) is 35.1. The molecule has 19 aromatic rings. The number of hydrogen-bond acceptors (Lipinski definition) is 8. The zero-order chi connectivity index (χ0) is 94.8. The van der Waals surface area contributed by atoms with Crippen molar-refractivity contribution in [2.45, 2.75) is 179 Å². The van der Waals surface area contributed by atoms with E-state index in [0.717, 1.165) is 68.7 Å². The fourth-order valence-corrected chi connectivity index (χ4v) is 17.1. The van der Waals surface area contributed by atoms with Gasteiger partial charge in [0.1, 0.15) is 0 Å². The van der Waals surface area contributed by atoms with E-state index in [9.17, 15) is 35.9 Å². The van der Waals surface area contributed by atoms with Gasteiger partial charge in [0.2, 0.25) is 5.76 Å². The van der Waals surface area contributed by atoms with E-state index in [-0.39, 0.29) is 127 Å². The fraction of sp³-hybridized carbons (Fsp3) is 0.288. The molecule has 0 spiro atoms. The van der Waals surface area contributed by atoms with E-state index >= 15 is 0 Å². The van der Waals surface area contributed by atoms with Crippen molar-refractivity contribution in [2.75, 3.05) is 13.3 Å². The zero-order valence-corrected chi connectivity index (χ0v) is 89.8. The summed E-state index contributed by atoms with van der Waals surface area (Å²) in [6.07, 6.45) is -3.71. The largest absolute Gasteiger partial charge is 0.504 e. The number of ketones is 1. The van der Waals surface area contributed by atoms with E-state index in [1.54, 1.807) is 18.2 Å². The molecule has 13 nitrogen and oxygen atoms in total. The number of fused-ring (bicyclic) bond motifs is 21. The van der Waals surface area contributed by atoms with Crippen LogP contribution in [0.15, 0.2) is 255 Å². The second kappa shape index (κ2) is 43.6. The summed E-state index contributed by atoms with van der Waals surface area (Å²) in [6.45, 7) is 45.6. The molecule has 3 radical (unpaired) electrons. The number of pyridine rings is 5. The van der Waals surface area contributed by atoms with Crippen LogP contribution < -0.4 is 0 Å². The molecule has 135 heavy (non-hydrogen) atoms. The van der Waals surface area contributed by atoms with Crippen molar-refractivity contribution in [3.63, 3.8) is 0 Å². The van der Waals surface area contributed by atoms with Gasteiger partial charge in [-0.3, -0.25) is 18.3 Å². The minimum absolute atomic E-state index is 0. The predicted molar refractivity (Wildman–Crippen MR) is 527 cm³/mol. The average Bonchev–Trinajstić information content (AvgIpc) is 1.59. The molecule has 0 bridgehead atoms. The first-order valence-corrected chi connectivity index (χ1v) is 46.5. The van der Waals surface area contributed by atoms with Gasteiger partial charge in [0.25, 0.3) is 5.78 Å². The average molecular weight is 2550 g/mol. The van der Waals surface area contributed by atoms with E-state index in [0.29, 0.717) is 5.39 Å². The van der Waals surface area contributed by atoms with Gasteiger partial charge in [0.05, 0.1) is 44.8 Å². The van der Waals surface area contributed by atoms with Crippen LogP contribution in [0.3, 0.4) is 0 Å². The maximum Gasteiger partial charge on any atom is 0.454 e. The summed E-state index contributed by atoms with van der Waals surface area (Å²) in [7, 11) is -0.118. The standard InChI is InChI=1S/C27H33N2.3C20H19N2.C10H7NO2.C9H12P.C5H2F6O2.3Ir.Pt/c1-25(2,3)18-10-11-20-17(14-18)15-21(27(7,8)9)23-22-16-19(26(4,5)6)12-13-29(22)28-24(20)23;3*1-20(2,3)13-14-12-19-16-9-4-6-10-17(16)21-22(19)18-11-7-5-8-15(14)18;12-10(13)9-8-4-2-1-3-7(8)5-6-11-9;1-10(2)8-9-6-4-3-5-7-9;6-4(7,8)2(12)1-3(13)5(9,10)11;;;;/h10,12-16H,1-9H3;3*4-10,12H,13H2,1-3H3;1-6H,(H,12,13);3-6H,8H2,1-2H3;1,12H;;;;/q4*-1;;-1;;;;;/p+1. The van der Waals surface area contributed by atoms with Gasteiger partial charge in [-0.1, -0.05) is 226 Å². The maximum atomic E-state index is 11.4. The molecule has 19 rings (SSSR count). The number of aliphatic hydroxyl groups excluding tert-OH is 1. The zero-order valence-electron chi connectivity index (χ0n) is 79.3. The number of aliphatic hydroxyl groups is 1. The molecule has 24 heteroatoms. The first kappa shape index (κ1) is 108. The van der Waals surface area contributed by atoms with E-state index in [4.69, 9.17) is 30.6 Å². The molecule has 2 N–H and O–H groups in total. The normalized spacial score (nSPS) is 12.2. The topological polar surface area (TPSA) is 157 Å². The van der Waals surface area contributed by atoms with Crippen LogP contribution in [0, 0.1) is 46.6 Å². The number of nitrogens with zero attached hydrogens (tertiary/aromatic N) is 9. The second-order valence-corrected chi connectivity index (χ2v) is 43.1. The molecule has 9 aromatic heterocycles. The quantitative estimate of drug-likeness (QED) is 0.0521. The van der Waals surface area contributed by atoms with Crippen molar-refractivity contribution in [2.24, 2.45) is 16.2 Å². The number of carbonyl (C=O) groups excluding carboxylic acids is 1. The molecule has 0 amide bonds. The molecule has 0 fully saturated rings. The summed E-state index contributed by atoms with van der Waals surface area (Å²) in [5.41, 5.74) is 22.6. The minimum atomic E-state index is -5.42. The van der Waals surface area contributed by atoms with Gasteiger partial charge in [0, 0.05) is 140 Å². The number of alkyl halides is 6. The number of aromatic carboxylic acids is 1. The van der Waals surface area contributed by atoms with Crippen LogP contribution in [0.1, 0.15) is 174 Å². The molecule has 0 aliphatic carbocycles. The van der Waals surface area contributed by atoms with Crippen molar-refractivity contribution in [3.8, 4) is 0 Å². The molecule has 0 saturated carbocycles. The number of benzene rings is 10. The Morgan fingerprint density at radius 2 is 0.822 bits per heavy atom. The van der Waals surface area contributed by atoms with Crippen molar-refractivity contribution < 1.29 is 128 Å². The van der Waals surface area contributed by atoms with Gasteiger partial charge in [-0.05, 0) is 153 Å². The summed E-state index contributed by atoms with van der Waals surface area (Å²) in [5, 5.41) is 48.6. The molecule has 0 aliphatic rings. The summed E-state index contributed by atoms with van der Waals surface area (Å²) in [5.74, 6) is -6.33. The van der Waals surface area contributed by atoms with Crippen molar-refractivity contribution in [1.82, 2.24) is 43.4 Å². The van der Waals surface area contributed by atoms with E-state index in [1.807, 2.05) is 78.7 Å². The van der Waals surface area contributed by atoms with Crippen LogP contribution in [-0.4, -0.2) is 91.1 Å². The van der Waals surface area contributed by atoms with Crippen LogP contribution in [-0.2, 0) is 128 Å². The summed E-state index contributed by atoms with van der Waals surface area (Å²) in [6, 6.07) is 96.1. The molecule has 0 atom stereocenters. The van der Waals surface area contributed by atoms with Gasteiger partial charge >= 0.3 is 18.3 Å². The molecule has 10 aromatic carbocycles. The van der Waals surface area contributed by atoms with E-state index in [1.165, 1.54) is 116 Å². The Morgan fingerprint density at radius 1 is 0.415 bits per heavy atom. The number of carboxylic acid groups (broad SMARTS) is 1. The maximum absolute atomic E-state index is 11.4. The van der Waals surface area contributed by atoms with Crippen LogP contribution >= 0.6 is 7.92 Å². The van der Waals surface area contributed by atoms with Crippen molar-refractivity contribution >= 4 is 140 Å². The Labute approximate surface area is 841 Å². The Morgan fingerprint density at radius 3 is 1.21 bits per heavy atom. The first-order valence-electron chi connectivity index (χ1n) is 43.8. The van der Waals surface area contributed by atoms with Gasteiger partial charge in [-0.25, -0.2) is 19.4 Å². The van der Waals surface area contributed by atoms with Gasteiger partial charge in [-0.2, -0.15) is 145 Å². The number of para-hydroxylation sites is 3. The van der Waals surface area contributed by atoms with Crippen molar-refractivity contribution in [1.29, 1.82) is 0 Å². The Bertz CT molecular complexity index is 7070. The number of carbonyl (C=O) groups is 2. The Balaban J connectivity index is 0.000000180. The summed E-state index contributed by atoms with van der Waals surface area (Å²) in [4.78, 5) is 24.4. The number of rotatable bonds is 7. The van der Waals surface area contributed by atoms with Crippen LogP contribution in [0.25, 0.3) is 120 Å². The van der Waals surface area contributed by atoms with E-state index < -0.39 is 35.9 Å². The van der Waals surface area contributed by atoms with Gasteiger partial charge in [-0.15, -0.1) is 56.3 Å². The van der Waals surface area contributed by atoms with Crippen LogP contribution in [0.4, 0.5) is 26.3 Å². The third kappa shape index (κ3) is 26.4. The van der Waals surface area contributed by atoms with Crippen LogP contribution in [0.2, 0.25) is 0 Å². The SMILES string of the molecule is CC(C)(C)Cc1cc2c3ccccc3nn2c2[c-]cccc12.CC(C)(C)Cc1cc2c3ccccc3nn2c2[c-]cccc12.CC(C)(C)Cc1cc2c3ccccc3nn2c2[c-]cccc12.CC(C)(C)c1c[c-]c2c(c1)cc(C(C)(C)C)c1c2nn2ccc(C(C)(C)C)cc12.C[PH+](C)Cc1[c-]cccc1.O=C(C=C(O)C(F)(F)F)C(F)(F)F.O=C(O)c1nccc2ccccc12.[Ir].[Ir].[Ir].[Pt]. The molecule has 0 aliphatic heterocycles. The third-order valence-electron chi connectivity index (χ3n) is 22.1. The van der Waals surface area contributed by atoms with Crippen LogP contribution in [0.5, 0.6) is 0 Å². The fourth-order valence-electron chi connectivity index (χ4n) is 16.1. The molecular formula is C111H112F6Ir3N9O4PPt-4. The number of allylic oxidation sites excluding steroid dienone is 2. The van der Waals surface area contributed by atoms with Gasteiger partial charge < -0.3 is 10.2 Å². The predicted octanol–water partition coefficient (Wildman–Crippen LogP) is 28.9.